The van der Waals surface area contributed by atoms with Crippen LogP contribution in [-0.4, -0.2) is 29.6 Å². The quantitative estimate of drug-likeness (QED) is 0.808. The van der Waals surface area contributed by atoms with Gasteiger partial charge in [0.05, 0.1) is 24.8 Å². The molecule has 0 atom stereocenters. The molecule has 0 saturated carbocycles. The van der Waals surface area contributed by atoms with Gasteiger partial charge in [0.1, 0.15) is 5.75 Å². The molecule has 5 nitrogen and oxygen atoms in total. The van der Waals surface area contributed by atoms with Crippen molar-refractivity contribution in [1.82, 2.24) is 5.01 Å². The van der Waals surface area contributed by atoms with E-state index in [1.54, 1.807) is 20.1 Å². The number of methoxy groups -OCH3 is 1. The molecule has 0 fully saturated rings. The third-order valence-corrected chi connectivity index (χ3v) is 3.90. The first-order valence-electron chi connectivity index (χ1n) is 7.91. The van der Waals surface area contributed by atoms with Crippen molar-refractivity contribution < 1.29 is 14.3 Å². The molecular formula is C20H18N2O3. The third-order valence-electron chi connectivity index (χ3n) is 3.90. The van der Waals surface area contributed by atoms with Crippen LogP contribution in [-0.2, 0) is 16.0 Å². The predicted molar refractivity (Wildman–Crippen MR) is 96.1 cm³/mol. The maximum atomic E-state index is 12.6. The van der Waals surface area contributed by atoms with E-state index in [1.807, 2.05) is 54.6 Å². The molecule has 0 radical (unpaired) electrons. The van der Waals surface area contributed by atoms with Crippen molar-refractivity contribution in [2.75, 3.05) is 7.11 Å². The highest BCUT2D eigenvalue weighted by Gasteiger charge is 2.32. The molecule has 2 amide bonds. The van der Waals surface area contributed by atoms with Crippen molar-refractivity contribution in [2.24, 2.45) is 5.10 Å². The zero-order valence-corrected chi connectivity index (χ0v) is 14.1. The normalized spacial score (nSPS) is 15.4. The van der Waals surface area contributed by atoms with Crippen molar-refractivity contribution in [1.29, 1.82) is 0 Å². The van der Waals surface area contributed by atoms with Gasteiger partial charge in [0, 0.05) is 0 Å². The number of rotatable bonds is 4. The zero-order chi connectivity index (χ0) is 17.8. The topological polar surface area (TPSA) is 59.0 Å². The third kappa shape index (κ3) is 3.66. The Bertz CT molecular complexity index is 870. The van der Waals surface area contributed by atoms with Crippen molar-refractivity contribution >= 4 is 23.6 Å². The fourth-order valence-corrected chi connectivity index (χ4v) is 2.60. The second-order valence-electron chi connectivity index (χ2n) is 5.69. The summed E-state index contributed by atoms with van der Waals surface area (Å²) in [5, 5.41) is 5.09. The Hall–Kier alpha value is -3.21. The number of benzene rings is 2. The van der Waals surface area contributed by atoms with Gasteiger partial charge >= 0.3 is 0 Å². The van der Waals surface area contributed by atoms with Gasteiger partial charge < -0.3 is 4.74 Å². The maximum absolute atomic E-state index is 12.6. The number of nitrogens with zero attached hydrogens (tertiary/aromatic N) is 2. The highest BCUT2D eigenvalue weighted by atomic mass is 16.5. The van der Waals surface area contributed by atoms with Crippen LogP contribution in [0.1, 0.15) is 18.1 Å². The lowest BCUT2D eigenvalue weighted by Crippen LogP contribution is -2.30. The molecule has 25 heavy (non-hydrogen) atoms. The second kappa shape index (κ2) is 7.13. The van der Waals surface area contributed by atoms with Crippen LogP contribution in [0.4, 0.5) is 0 Å². The predicted octanol–water partition coefficient (Wildman–Crippen LogP) is 3.07. The molecule has 0 N–H and O–H groups in total. The van der Waals surface area contributed by atoms with E-state index >= 15 is 0 Å². The van der Waals surface area contributed by atoms with Crippen molar-refractivity contribution in [2.45, 2.75) is 13.3 Å². The number of hydrazone groups is 1. The summed E-state index contributed by atoms with van der Waals surface area (Å²) in [5.74, 6) is -0.0442. The number of amides is 2. The summed E-state index contributed by atoms with van der Waals surface area (Å²) in [6, 6.07) is 16.7. The first-order valence-corrected chi connectivity index (χ1v) is 7.91. The molecule has 0 aliphatic carbocycles. The first-order chi connectivity index (χ1) is 12.1. The van der Waals surface area contributed by atoms with Crippen molar-refractivity contribution in [3.8, 4) is 5.75 Å². The fraction of sp³-hybridized carbons (Fsp3) is 0.150. The van der Waals surface area contributed by atoms with E-state index in [9.17, 15) is 9.59 Å². The summed E-state index contributed by atoms with van der Waals surface area (Å²) >= 11 is 0. The average Bonchev–Trinajstić information content (AvgIpc) is 2.91. The second-order valence-corrected chi connectivity index (χ2v) is 5.69. The molecule has 1 aliphatic heterocycles. The van der Waals surface area contributed by atoms with Crippen molar-refractivity contribution in [3.63, 3.8) is 0 Å². The molecule has 2 aromatic rings. The molecule has 0 bridgehead atoms. The van der Waals surface area contributed by atoms with Crippen LogP contribution in [0, 0.1) is 0 Å². The lowest BCUT2D eigenvalue weighted by atomic mass is 10.1. The van der Waals surface area contributed by atoms with Gasteiger partial charge in [0.15, 0.2) is 0 Å². The minimum atomic E-state index is -0.402. The Balaban J connectivity index is 1.81. The number of hydrogen-bond acceptors (Lipinski definition) is 4. The lowest BCUT2D eigenvalue weighted by Gasteiger charge is -2.09. The smallest absolute Gasteiger partial charge is 0.283 e. The van der Waals surface area contributed by atoms with Crippen LogP contribution in [0.3, 0.4) is 0 Å². The Labute approximate surface area is 146 Å². The van der Waals surface area contributed by atoms with E-state index in [-0.39, 0.29) is 12.3 Å². The largest absolute Gasteiger partial charge is 0.497 e. The van der Waals surface area contributed by atoms with Gasteiger partial charge in [0.25, 0.3) is 11.8 Å². The Kier molecular flexibility index (Phi) is 4.75. The van der Waals surface area contributed by atoms with Gasteiger partial charge in [-0.3, -0.25) is 9.59 Å². The highest BCUT2D eigenvalue weighted by molar-refractivity contribution is 6.29. The van der Waals surface area contributed by atoms with Gasteiger partial charge in [-0.1, -0.05) is 42.5 Å². The number of ether oxygens (including phenoxy) is 1. The average molecular weight is 334 g/mol. The molecule has 5 heteroatoms. The summed E-state index contributed by atoms with van der Waals surface area (Å²) in [6.07, 6.45) is 1.86. The molecule has 126 valence electrons. The zero-order valence-electron chi connectivity index (χ0n) is 14.1. The molecular weight excluding hydrogens is 316 g/mol. The number of imide groups is 1. The molecule has 3 rings (SSSR count). The molecule has 0 spiro atoms. The summed E-state index contributed by atoms with van der Waals surface area (Å²) in [7, 11) is 1.59. The molecule has 1 aliphatic rings. The lowest BCUT2D eigenvalue weighted by molar-refractivity contribution is -0.141. The molecule has 0 saturated heterocycles. The van der Waals surface area contributed by atoms with Crippen LogP contribution in [0.15, 0.2) is 65.3 Å². The number of carbonyl (C=O) groups is 2. The number of hydrogen-bond donors (Lipinski definition) is 0. The summed E-state index contributed by atoms with van der Waals surface area (Å²) in [5.41, 5.74) is 2.59. The van der Waals surface area contributed by atoms with Gasteiger partial charge in [0.2, 0.25) is 0 Å². The van der Waals surface area contributed by atoms with Gasteiger partial charge in [-0.2, -0.15) is 10.1 Å². The minimum Gasteiger partial charge on any atom is -0.497 e. The van der Waals surface area contributed by atoms with Crippen LogP contribution in [0.5, 0.6) is 5.75 Å². The van der Waals surface area contributed by atoms with Crippen LogP contribution < -0.4 is 4.74 Å². The Morgan fingerprint density at radius 1 is 1.16 bits per heavy atom. The van der Waals surface area contributed by atoms with Crippen LogP contribution in [0.25, 0.3) is 6.08 Å². The van der Waals surface area contributed by atoms with Crippen LogP contribution >= 0.6 is 0 Å². The van der Waals surface area contributed by atoms with E-state index in [0.717, 1.165) is 16.1 Å². The van der Waals surface area contributed by atoms with E-state index in [1.165, 1.54) is 0 Å². The monoisotopic (exact) mass is 334 g/mol. The van der Waals surface area contributed by atoms with Gasteiger partial charge in [-0.05, 0) is 36.3 Å². The maximum Gasteiger partial charge on any atom is 0.283 e. The number of carbonyl (C=O) groups excluding carboxylic acids is 2. The minimum absolute atomic E-state index is 0.135. The van der Waals surface area contributed by atoms with Gasteiger partial charge in [-0.15, -0.1) is 0 Å². The first kappa shape index (κ1) is 16.6. The fourth-order valence-electron chi connectivity index (χ4n) is 2.60. The Morgan fingerprint density at radius 3 is 2.64 bits per heavy atom. The molecule has 1 heterocycles. The van der Waals surface area contributed by atoms with Gasteiger partial charge in [-0.25, -0.2) is 0 Å². The van der Waals surface area contributed by atoms with Crippen molar-refractivity contribution in [3.05, 3.63) is 71.3 Å². The van der Waals surface area contributed by atoms with E-state index in [2.05, 4.69) is 5.10 Å². The summed E-state index contributed by atoms with van der Waals surface area (Å²) in [6.45, 7) is 1.72. The standard InChI is InChI=1S/C20H18N2O3/c1-14-18(12-16-9-6-10-17(11-16)25-2)20(24)22(21-14)19(23)13-15-7-4-3-5-8-15/h3-12H,13H2,1-2H3/b18-12-. The van der Waals surface area contributed by atoms with Crippen LogP contribution in [0.2, 0.25) is 0 Å². The van der Waals surface area contributed by atoms with E-state index in [0.29, 0.717) is 17.0 Å². The summed E-state index contributed by atoms with van der Waals surface area (Å²) in [4.78, 5) is 25.0. The Morgan fingerprint density at radius 2 is 1.92 bits per heavy atom. The molecule has 0 aromatic heterocycles. The van der Waals surface area contributed by atoms with E-state index in [4.69, 9.17) is 4.74 Å². The molecule has 2 aromatic carbocycles. The molecule has 0 unspecified atom stereocenters. The highest BCUT2D eigenvalue weighted by Crippen LogP contribution is 2.21. The van der Waals surface area contributed by atoms with E-state index < -0.39 is 5.91 Å². The summed E-state index contributed by atoms with van der Waals surface area (Å²) < 4.78 is 5.19. The SMILES string of the molecule is COc1cccc(/C=C2\C(=O)N(C(=O)Cc3ccccc3)N=C2C)c1.